The number of sulfone groups is 1. The van der Waals surface area contributed by atoms with Crippen molar-refractivity contribution in [2.75, 3.05) is 38.2 Å². The van der Waals surface area contributed by atoms with Gasteiger partial charge >= 0.3 is 0 Å². The third-order valence-corrected chi connectivity index (χ3v) is 5.45. The lowest BCUT2D eigenvalue weighted by molar-refractivity contribution is 0.151. The summed E-state index contributed by atoms with van der Waals surface area (Å²) in [6.07, 6.45) is 7.25. The van der Waals surface area contributed by atoms with Crippen LogP contribution in [0.2, 0.25) is 0 Å². The summed E-state index contributed by atoms with van der Waals surface area (Å²) in [6, 6.07) is 0. The van der Waals surface area contributed by atoms with E-state index in [0.29, 0.717) is 18.4 Å². The molecule has 124 valence electrons. The molecule has 1 heterocycles. The van der Waals surface area contributed by atoms with Gasteiger partial charge < -0.3 is 10.2 Å². The highest BCUT2D eigenvalue weighted by Gasteiger charge is 2.43. The molecular formula is C14H28IN3O2S. The number of hydrogen-bond donors (Lipinski definition) is 1. The van der Waals surface area contributed by atoms with Crippen molar-refractivity contribution < 1.29 is 8.42 Å². The number of nitrogens with zero attached hydrogens (tertiary/aromatic N) is 2. The van der Waals surface area contributed by atoms with Gasteiger partial charge in [-0.1, -0.05) is 6.42 Å². The molecule has 2 fully saturated rings. The maximum absolute atomic E-state index is 11.1. The van der Waals surface area contributed by atoms with Gasteiger partial charge in [0.2, 0.25) is 0 Å². The molecule has 0 bridgehead atoms. The second kappa shape index (κ2) is 7.99. The van der Waals surface area contributed by atoms with Crippen molar-refractivity contribution in [3.8, 4) is 0 Å². The van der Waals surface area contributed by atoms with Crippen molar-refractivity contribution in [2.24, 2.45) is 10.4 Å². The zero-order valence-corrected chi connectivity index (χ0v) is 16.2. The number of guanidine groups is 1. The normalized spacial score (nSPS) is 21.0. The van der Waals surface area contributed by atoms with Gasteiger partial charge in [0.15, 0.2) is 5.96 Å². The van der Waals surface area contributed by atoms with Gasteiger partial charge in [-0.25, -0.2) is 8.42 Å². The van der Waals surface area contributed by atoms with E-state index in [-0.39, 0.29) is 29.7 Å². The summed E-state index contributed by atoms with van der Waals surface area (Å²) in [4.78, 5) is 6.94. The number of likely N-dealkylation sites (tertiary alicyclic amines) is 1. The molecule has 1 saturated carbocycles. The Balaban J connectivity index is 0.00000220. The summed E-state index contributed by atoms with van der Waals surface area (Å²) in [5.41, 5.74) is 0.558. The van der Waals surface area contributed by atoms with Crippen LogP contribution in [0.3, 0.4) is 0 Å². The summed E-state index contributed by atoms with van der Waals surface area (Å²) in [5, 5.41) is 3.33. The van der Waals surface area contributed by atoms with E-state index in [4.69, 9.17) is 0 Å². The third-order valence-electron chi connectivity index (χ3n) is 4.42. The quantitative estimate of drug-likeness (QED) is 0.314. The molecule has 0 aromatic carbocycles. The Morgan fingerprint density at radius 2 is 2.05 bits per heavy atom. The first-order chi connectivity index (χ1) is 9.44. The molecule has 2 aliphatic rings. The summed E-state index contributed by atoms with van der Waals surface area (Å²) in [5.74, 6) is 1.18. The monoisotopic (exact) mass is 429 g/mol. The number of hydrogen-bond acceptors (Lipinski definition) is 3. The van der Waals surface area contributed by atoms with Crippen LogP contribution in [0.25, 0.3) is 0 Å². The highest BCUT2D eigenvalue weighted by molar-refractivity contribution is 14.0. The van der Waals surface area contributed by atoms with Crippen LogP contribution in [0.15, 0.2) is 4.99 Å². The van der Waals surface area contributed by atoms with Crippen molar-refractivity contribution in [1.82, 2.24) is 10.2 Å². The molecule has 1 aliphatic carbocycles. The van der Waals surface area contributed by atoms with Gasteiger partial charge in [0.25, 0.3) is 0 Å². The minimum absolute atomic E-state index is 0. The molecule has 7 heteroatoms. The van der Waals surface area contributed by atoms with E-state index in [1.807, 2.05) is 0 Å². The topological polar surface area (TPSA) is 61.8 Å². The molecule has 1 spiro atoms. The van der Waals surface area contributed by atoms with Gasteiger partial charge in [-0.3, -0.25) is 4.99 Å². The molecule has 21 heavy (non-hydrogen) atoms. The maximum atomic E-state index is 11.1. The Morgan fingerprint density at radius 3 is 2.52 bits per heavy atom. The van der Waals surface area contributed by atoms with Crippen molar-refractivity contribution in [3.63, 3.8) is 0 Å². The smallest absolute Gasteiger partial charge is 0.193 e. The Morgan fingerprint density at radius 1 is 1.33 bits per heavy atom. The zero-order valence-electron chi connectivity index (χ0n) is 13.1. The van der Waals surface area contributed by atoms with Gasteiger partial charge in [-0.2, -0.15) is 0 Å². The molecule has 0 radical (unpaired) electrons. The van der Waals surface area contributed by atoms with Gasteiger partial charge in [0.05, 0.1) is 5.75 Å². The average molecular weight is 429 g/mol. The third kappa shape index (κ3) is 5.58. The van der Waals surface area contributed by atoms with Crippen LogP contribution in [0.1, 0.15) is 39.0 Å². The maximum Gasteiger partial charge on any atom is 0.193 e. The largest absolute Gasteiger partial charge is 0.357 e. The number of rotatable bonds is 5. The molecule has 0 unspecified atom stereocenters. The Labute approximate surface area is 145 Å². The van der Waals surface area contributed by atoms with Crippen LogP contribution in [-0.4, -0.2) is 57.5 Å². The number of aliphatic imine (C=N–C) groups is 1. The second-order valence-corrected chi connectivity index (χ2v) is 8.50. The standard InChI is InChI=1S/C14H27N3O2S.HI/c1-3-15-13(16-9-5-11-20(2,18)19)17-10-8-14(12-17)6-4-7-14;/h3-12H2,1-2H3,(H,15,16);1H. The number of nitrogens with one attached hydrogen (secondary N) is 1. The van der Waals surface area contributed by atoms with E-state index >= 15 is 0 Å². The first-order valence-electron chi connectivity index (χ1n) is 7.65. The average Bonchev–Trinajstić information content (AvgIpc) is 2.77. The number of halogens is 1. The lowest BCUT2D eigenvalue weighted by Crippen LogP contribution is -2.42. The Bertz CT molecular complexity index is 461. The van der Waals surface area contributed by atoms with E-state index < -0.39 is 9.84 Å². The fourth-order valence-electron chi connectivity index (χ4n) is 3.14. The van der Waals surface area contributed by atoms with Crippen molar-refractivity contribution in [1.29, 1.82) is 0 Å². The summed E-state index contributed by atoms with van der Waals surface area (Å²) in [6.45, 7) is 5.71. The van der Waals surface area contributed by atoms with E-state index in [9.17, 15) is 8.42 Å². The lowest BCUT2D eigenvalue weighted by Gasteiger charge is -2.38. The first-order valence-corrected chi connectivity index (χ1v) is 9.71. The van der Waals surface area contributed by atoms with Crippen LogP contribution in [-0.2, 0) is 9.84 Å². The van der Waals surface area contributed by atoms with Crippen LogP contribution < -0.4 is 5.32 Å². The molecule has 0 atom stereocenters. The first kappa shape index (κ1) is 19.0. The molecular weight excluding hydrogens is 401 g/mol. The molecule has 1 aliphatic heterocycles. The predicted molar refractivity (Wildman–Crippen MR) is 98.2 cm³/mol. The van der Waals surface area contributed by atoms with Crippen molar-refractivity contribution in [3.05, 3.63) is 0 Å². The van der Waals surface area contributed by atoms with Crippen LogP contribution >= 0.6 is 24.0 Å². The van der Waals surface area contributed by atoms with Gasteiger partial charge in [-0.05, 0) is 38.0 Å². The highest BCUT2D eigenvalue weighted by atomic mass is 127. The Kier molecular flexibility index (Phi) is 7.23. The predicted octanol–water partition coefficient (Wildman–Crippen LogP) is 1.88. The van der Waals surface area contributed by atoms with Crippen molar-refractivity contribution >= 4 is 39.8 Å². The summed E-state index contributed by atoms with van der Waals surface area (Å²) >= 11 is 0. The fraction of sp³-hybridized carbons (Fsp3) is 0.929. The van der Waals surface area contributed by atoms with Gasteiger partial charge in [0, 0.05) is 32.4 Å². The van der Waals surface area contributed by atoms with Crippen molar-refractivity contribution in [2.45, 2.75) is 39.0 Å². The van der Waals surface area contributed by atoms with Gasteiger partial charge in [-0.15, -0.1) is 24.0 Å². The van der Waals surface area contributed by atoms with E-state index in [1.54, 1.807) is 0 Å². The van der Waals surface area contributed by atoms with Crippen LogP contribution in [0.4, 0.5) is 0 Å². The molecule has 1 N–H and O–H groups in total. The fourth-order valence-corrected chi connectivity index (χ4v) is 3.79. The van der Waals surface area contributed by atoms with E-state index in [1.165, 1.54) is 31.9 Å². The van der Waals surface area contributed by atoms with Gasteiger partial charge in [0.1, 0.15) is 9.84 Å². The summed E-state index contributed by atoms with van der Waals surface area (Å²) in [7, 11) is -2.87. The van der Waals surface area contributed by atoms with Crippen LogP contribution in [0, 0.1) is 5.41 Å². The zero-order chi connectivity index (χ0) is 14.6. The Hall–Kier alpha value is -0.0500. The molecule has 0 amide bonds. The molecule has 5 nitrogen and oxygen atoms in total. The summed E-state index contributed by atoms with van der Waals surface area (Å²) < 4.78 is 22.2. The second-order valence-electron chi connectivity index (χ2n) is 6.24. The lowest BCUT2D eigenvalue weighted by atomic mass is 9.68. The SMILES string of the molecule is CCNC(=NCCCS(C)(=O)=O)N1CCC2(CCC2)C1.I. The van der Waals surface area contributed by atoms with E-state index in [0.717, 1.165) is 25.6 Å². The van der Waals surface area contributed by atoms with Crippen LogP contribution in [0.5, 0.6) is 0 Å². The molecule has 1 saturated heterocycles. The van der Waals surface area contributed by atoms with E-state index in [2.05, 4.69) is 22.1 Å². The minimum atomic E-state index is -2.87. The molecule has 0 aromatic heterocycles. The highest BCUT2D eigenvalue weighted by Crippen LogP contribution is 2.47. The minimum Gasteiger partial charge on any atom is -0.357 e. The molecule has 0 aromatic rings. The molecule has 2 rings (SSSR count).